The van der Waals surface area contributed by atoms with E-state index in [4.69, 9.17) is 19.2 Å². The van der Waals surface area contributed by atoms with Gasteiger partial charge in [-0.15, -0.1) is 0 Å². The summed E-state index contributed by atoms with van der Waals surface area (Å²) in [4.78, 5) is 30.0. The summed E-state index contributed by atoms with van der Waals surface area (Å²) in [5, 5.41) is 4.52. The number of ether oxygens (including phenoxy) is 3. The largest absolute Gasteiger partial charge is 0.494 e. The van der Waals surface area contributed by atoms with Crippen LogP contribution in [0.2, 0.25) is 0 Å². The molecule has 3 rings (SSSR count). The number of aromatic nitrogens is 4. The first-order chi connectivity index (χ1) is 16.7. The maximum Gasteiger partial charge on any atom is 0.349 e. The summed E-state index contributed by atoms with van der Waals surface area (Å²) in [7, 11) is 1.80. The molecule has 35 heavy (non-hydrogen) atoms. The molecule has 0 unspecified atom stereocenters. The van der Waals surface area contributed by atoms with Crippen LogP contribution >= 0.6 is 0 Å². The summed E-state index contributed by atoms with van der Waals surface area (Å²) >= 11 is 0. The highest BCUT2D eigenvalue weighted by atomic mass is 16.6. The van der Waals surface area contributed by atoms with Crippen LogP contribution in [0, 0.1) is 0 Å². The predicted molar refractivity (Wildman–Crippen MR) is 134 cm³/mol. The topological polar surface area (TPSA) is 97.5 Å². The molecule has 0 saturated carbocycles. The number of benzene rings is 1. The van der Waals surface area contributed by atoms with E-state index in [9.17, 15) is 9.59 Å². The van der Waals surface area contributed by atoms with E-state index in [1.165, 1.54) is 0 Å². The van der Waals surface area contributed by atoms with Crippen molar-refractivity contribution in [2.24, 2.45) is 7.05 Å². The number of fused-ring (bicyclic) bond motifs is 1. The normalized spacial score (nSPS) is 11.6. The zero-order valence-electron chi connectivity index (χ0n) is 21.6. The van der Waals surface area contributed by atoms with Gasteiger partial charge in [0.2, 0.25) is 0 Å². The molecule has 1 aromatic carbocycles. The average Bonchev–Trinajstić information content (AvgIpc) is 3.14. The van der Waals surface area contributed by atoms with E-state index in [-0.39, 0.29) is 5.56 Å². The molecule has 0 N–H and O–H groups in total. The van der Waals surface area contributed by atoms with Crippen LogP contribution in [0.4, 0.5) is 0 Å². The molecule has 0 fully saturated rings. The second-order valence-electron chi connectivity index (χ2n) is 8.86. The lowest BCUT2D eigenvalue weighted by molar-refractivity contribution is -0.158. The Hall–Kier alpha value is -3.36. The third-order valence-electron chi connectivity index (χ3n) is 5.65. The Morgan fingerprint density at radius 1 is 1.09 bits per heavy atom. The third-order valence-corrected chi connectivity index (χ3v) is 5.65. The Morgan fingerprint density at radius 3 is 2.40 bits per heavy atom. The molecule has 2 heterocycles. The van der Waals surface area contributed by atoms with E-state index in [1.807, 2.05) is 6.92 Å². The first kappa shape index (κ1) is 26.2. The number of carbonyl (C=O) groups excluding carboxylic acids is 1. The third kappa shape index (κ3) is 6.01. The molecule has 0 radical (unpaired) electrons. The zero-order valence-corrected chi connectivity index (χ0v) is 21.6. The Morgan fingerprint density at radius 2 is 1.77 bits per heavy atom. The van der Waals surface area contributed by atoms with Crippen LogP contribution in [0.3, 0.4) is 0 Å². The van der Waals surface area contributed by atoms with E-state index in [2.05, 4.69) is 12.0 Å². The summed E-state index contributed by atoms with van der Waals surface area (Å²) in [6, 6.07) is 7.09. The molecule has 9 nitrogen and oxygen atoms in total. The first-order valence-electron chi connectivity index (χ1n) is 12.3. The van der Waals surface area contributed by atoms with Crippen LogP contribution in [-0.4, -0.2) is 44.1 Å². The van der Waals surface area contributed by atoms with Gasteiger partial charge in [-0.05, 0) is 57.9 Å². The Bertz CT molecular complexity index is 1210. The maximum absolute atomic E-state index is 13.2. The van der Waals surface area contributed by atoms with Crippen LogP contribution in [0.5, 0.6) is 11.5 Å². The second-order valence-corrected chi connectivity index (χ2v) is 8.86. The molecule has 0 bridgehead atoms. The van der Waals surface area contributed by atoms with E-state index >= 15 is 0 Å². The monoisotopic (exact) mass is 484 g/mol. The molecule has 0 spiro atoms. The molecule has 0 amide bonds. The Balaban J connectivity index is 1.62. The van der Waals surface area contributed by atoms with Crippen molar-refractivity contribution in [1.29, 1.82) is 0 Å². The van der Waals surface area contributed by atoms with Gasteiger partial charge in [0.25, 0.3) is 5.56 Å². The second kappa shape index (κ2) is 11.4. The van der Waals surface area contributed by atoms with Crippen molar-refractivity contribution in [3.05, 3.63) is 46.1 Å². The maximum atomic E-state index is 13.2. The summed E-state index contributed by atoms with van der Waals surface area (Å²) in [6.07, 6.45) is 3.06. The molecular formula is C26H36N4O5. The van der Waals surface area contributed by atoms with Gasteiger partial charge in [-0.2, -0.15) is 5.10 Å². The number of hydrogen-bond acceptors (Lipinski definition) is 7. The predicted octanol–water partition coefficient (Wildman–Crippen LogP) is 3.83. The average molecular weight is 485 g/mol. The van der Waals surface area contributed by atoms with Crippen LogP contribution in [0.25, 0.3) is 11.0 Å². The number of aryl methyl sites for hydroxylation is 3. The highest BCUT2D eigenvalue weighted by Gasteiger charge is 2.31. The molecule has 190 valence electrons. The lowest BCUT2D eigenvalue weighted by atomic mass is 10.1. The highest BCUT2D eigenvalue weighted by Crippen LogP contribution is 2.23. The first-order valence-corrected chi connectivity index (χ1v) is 12.3. The van der Waals surface area contributed by atoms with Gasteiger partial charge in [0.1, 0.15) is 22.8 Å². The minimum Gasteiger partial charge on any atom is -0.494 e. The van der Waals surface area contributed by atoms with Crippen molar-refractivity contribution in [1.82, 2.24) is 19.3 Å². The highest BCUT2D eigenvalue weighted by molar-refractivity contribution is 5.79. The minimum atomic E-state index is -1.08. The Kier molecular flexibility index (Phi) is 8.53. The Labute approximate surface area is 206 Å². The summed E-state index contributed by atoms with van der Waals surface area (Å²) in [5.41, 5.74) is 1.01. The summed E-state index contributed by atoms with van der Waals surface area (Å²) in [6.45, 7) is 10.4. The lowest BCUT2D eigenvalue weighted by Gasteiger charge is -2.24. The number of nitrogens with zero attached hydrogens (tertiary/aromatic N) is 4. The quantitative estimate of drug-likeness (QED) is 0.285. The number of hydrogen-bond donors (Lipinski definition) is 0. The van der Waals surface area contributed by atoms with E-state index in [0.29, 0.717) is 49.6 Å². The summed E-state index contributed by atoms with van der Waals surface area (Å²) in [5.74, 6) is 1.58. The fourth-order valence-electron chi connectivity index (χ4n) is 3.92. The van der Waals surface area contributed by atoms with Gasteiger partial charge in [-0.3, -0.25) is 14.0 Å². The SMILES string of the molecule is CCCc1nn(C)c2c(=O)n(CCCOc3ccc(OC(C)(C)C(=O)OCC)cc3)c(CC)nc12. The molecule has 3 aromatic rings. The molecular weight excluding hydrogens is 448 g/mol. The zero-order chi connectivity index (χ0) is 25.6. The van der Waals surface area contributed by atoms with Gasteiger partial charge in [0.15, 0.2) is 11.1 Å². The minimum absolute atomic E-state index is 0.0603. The smallest absolute Gasteiger partial charge is 0.349 e. The van der Waals surface area contributed by atoms with Crippen molar-refractivity contribution >= 4 is 17.0 Å². The summed E-state index contributed by atoms with van der Waals surface area (Å²) < 4.78 is 20.1. The van der Waals surface area contributed by atoms with Crippen LogP contribution < -0.4 is 15.0 Å². The lowest BCUT2D eigenvalue weighted by Crippen LogP contribution is -2.39. The van der Waals surface area contributed by atoms with Gasteiger partial charge in [-0.1, -0.05) is 20.3 Å². The molecule has 0 aliphatic rings. The van der Waals surface area contributed by atoms with Crippen LogP contribution in [0.15, 0.2) is 29.1 Å². The van der Waals surface area contributed by atoms with E-state index in [0.717, 1.165) is 29.9 Å². The van der Waals surface area contributed by atoms with Gasteiger partial charge in [0.05, 0.1) is 18.9 Å². The molecule has 0 aliphatic heterocycles. The molecule has 2 aromatic heterocycles. The van der Waals surface area contributed by atoms with E-state index in [1.54, 1.807) is 61.3 Å². The van der Waals surface area contributed by atoms with Gasteiger partial charge >= 0.3 is 5.97 Å². The van der Waals surface area contributed by atoms with Crippen LogP contribution in [0.1, 0.15) is 59.0 Å². The number of rotatable bonds is 12. The van der Waals surface area contributed by atoms with Crippen molar-refractivity contribution < 1.29 is 19.0 Å². The van der Waals surface area contributed by atoms with Gasteiger partial charge in [0, 0.05) is 20.0 Å². The van der Waals surface area contributed by atoms with Crippen LogP contribution in [-0.2, 0) is 36.0 Å². The van der Waals surface area contributed by atoms with Crippen molar-refractivity contribution in [3.8, 4) is 11.5 Å². The van der Waals surface area contributed by atoms with Crippen molar-refractivity contribution in [3.63, 3.8) is 0 Å². The van der Waals surface area contributed by atoms with Crippen molar-refractivity contribution in [2.45, 2.75) is 72.4 Å². The van der Waals surface area contributed by atoms with Crippen molar-refractivity contribution in [2.75, 3.05) is 13.2 Å². The molecule has 0 aliphatic carbocycles. The standard InChI is InChI=1S/C26H36N4O5/c1-7-11-20-22-23(29(6)28-20)24(31)30(21(8-2)27-22)16-10-17-34-18-12-14-19(15-13-18)35-26(4,5)25(32)33-9-3/h12-15H,7-11,16-17H2,1-6H3. The molecule has 9 heteroatoms. The number of esters is 1. The fraction of sp³-hybridized carbons (Fsp3) is 0.538. The molecule has 0 atom stereocenters. The fourth-order valence-corrected chi connectivity index (χ4v) is 3.92. The van der Waals surface area contributed by atoms with E-state index < -0.39 is 11.6 Å². The van der Waals surface area contributed by atoms with Gasteiger partial charge in [-0.25, -0.2) is 9.78 Å². The molecule has 0 saturated heterocycles. The van der Waals surface area contributed by atoms with Gasteiger partial charge < -0.3 is 14.2 Å². The number of carbonyl (C=O) groups is 1.